The molecular weight excluding hydrogens is 781 g/mol. The summed E-state index contributed by atoms with van der Waals surface area (Å²) in [5, 5.41) is 24.3. The van der Waals surface area contributed by atoms with Gasteiger partial charge in [0.2, 0.25) is 0 Å². The van der Waals surface area contributed by atoms with Crippen molar-refractivity contribution in [2.45, 2.75) is 0 Å². The van der Waals surface area contributed by atoms with E-state index in [2.05, 4.69) is 12.1 Å². The highest BCUT2D eigenvalue weighted by molar-refractivity contribution is 6.28. The fraction of sp³-hybridized carbons (Fsp3) is 0. The third-order valence-corrected chi connectivity index (χ3v) is 11.3. The minimum absolute atomic E-state index is 0.140. The molecule has 4 nitrogen and oxygen atoms in total. The highest BCUT2D eigenvalue weighted by Gasteiger charge is 2.25. The van der Waals surface area contributed by atoms with Gasteiger partial charge in [0.15, 0.2) is 0 Å². The Hall–Kier alpha value is -8.46. The smallest absolute Gasteiger partial charge is 0.136 e. The lowest BCUT2D eigenvalue weighted by Crippen LogP contribution is -2.13. The van der Waals surface area contributed by atoms with E-state index >= 15 is 17.6 Å². The molecule has 10 rings (SSSR count). The average molecular weight is 811 g/mol. The average Bonchev–Trinajstić information content (AvgIpc) is 3.30. The number of hydrogen-bond donors (Lipinski definition) is 0. The van der Waals surface area contributed by atoms with Gasteiger partial charge in [0, 0.05) is 22.1 Å². The molecule has 0 saturated carbocycles. The summed E-state index contributed by atoms with van der Waals surface area (Å²) in [6.45, 7) is 0. The van der Waals surface area contributed by atoms with Crippen LogP contribution < -0.4 is 9.80 Å². The first-order chi connectivity index (χ1) is 30.3. The van der Waals surface area contributed by atoms with E-state index in [9.17, 15) is 10.5 Å². The van der Waals surface area contributed by atoms with Gasteiger partial charge in [0.05, 0.1) is 57.1 Å². The van der Waals surface area contributed by atoms with Gasteiger partial charge < -0.3 is 9.80 Å². The minimum atomic E-state index is -0.736. The van der Waals surface area contributed by atoms with Gasteiger partial charge in [0.25, 0.3) is 0 Å². The highest BCUT2D eigenvalue weighted by Crippen LogP contribution is 2.48. The maximum Gasteiger partial charge on any atom is 0.136 e. The molecule has 10 aromatic rings. The van der Waals surface area contributed by atoms with Gasteiger partial charge in [-0.25, -0.2) is 17.6 Å². The molecule has 0 fully saturated rings. The molecule has 62 heavy (non-hydrogen) atoms. The monoisotopic (exact) mass is 810 g/mol. The number of benzene rings is 10. The standard InChI is InChI=1S/C54H30F4N4/c55-45-27-41(28-46(56)53(45)35-7-3-1-4-8-35)61(39-19-11-33(31-59)12-20-39)49-25-17-37-16-24-44-50(26-18-38-15-23-43(49)51(37)52(38)44)62(40-21-13-34(32-60)14-22-40)42-29-47(57)54(48(58)30-42)36-9-5-2-6-10-36/h1-30H. The van der Waals surface area contributed by atoms with Gasteiger partial charge in [-0.3, -0.25) is 0 Å². The lowest BCUT2D eigenvalue weighted by molar-refractivity contribution is 0.589. The molecule has 0 aliphatic carbocycles. The predicted molar refractivity (Wildman–Crippen MR) is 240 cm³/mol. The number of halogens is 4. The van der Waals surface area contributed by atoms with Gasteiger partial charge in [-0.1, -0.05) is 97.1 Å². The lowest BCUT2D eigenvalue weighted by atomic mass is 9.91. The van der Waals surface area contributed by atoms with Crippen molar-refractivity contribution in [3.05, 3.63) is 216 Å². The highest BCUT2D eigenvalue weighted by atomic mass is 19.1. The molecule has 0 radical (unpaired) electrons. The molecule has 0 aromatic heterocycles. The molecule has 294 valence electrons. The maximum atomic E-state index is 16.2. The fourth-order valence-electron chi connectivity index (χ4n) is 8.52. The Morgan fingerprint density at radius 2 is 0.694 bits per heavy atom. The van der Waals surface area contributed by atoms with Crippen molar-refractivity contribution in [1.29, 1.82) is 10.5 Å². The Kier molecular flexibility index (Phi) is 9.32. The third-order valence-electron chi connectivity index (χ3n) is 11.3. The SMILES string of the molecule is N#Cc1ccc(N(c2cc(F)c(-c3ccccc3)c(F)c2)c2ccc3ccc4c(N(c5ccc(C#N)cc5)c5cc(F)c(-c6ccccc6)c(F)c5)ccc5ccc2c3c54)cc1. The van der Waals surface area contributed by atoms with Crippen LogP contribution in [0.3, 0.4) is 0 Å². The quantitative estimate of drug-likeness (QED) is 0.113. The third kappa shape index (κ3) is 6.39. The van der Waals surface area contributed by atoms with E-state index in [1.54, 1.807) is 119 Å². The van der Waals surface area contributed by atoms with Crippen LogP contribution in [0.25, 0.3) is 54.6 Å². The van der Waals surface area contributed by atoms with Gasteiger partial charge in [-0.15, -0.1) is 0 Å². The van der Waals surface area contributed by atoms with Gasteiger partial charge in [-0.05, 0) is 118 Å². The van der Waals surface area contributed by atoms with Crippen LogP contribution >= 0.6 is 0 Å². The predicted octanol–water partition coefficient (Wildman–Crippen LogP) is 15.2. The van der Waals surface area contributed by atoms with E-state index in [-0.39, 0.29) is 22.5 Å². The molecule has 0 atom stereocenters. The molecular formula is C54H30F4N4. The first kappa shape index (κ1) is 37.8. The van der Waals surface area contributed by atoms with Crippen molar-refractivity contribution in [1.82, 2.24) is 0 Å². The maximum absolute atomic E-state index is 16.2. The van der Waals surface area contributed by atoms with E-state index in [0.717, 1.165) is 32.3 Å². The molecule has 0 aliphatic rings. The first-order valence-electron chi connectivity index (χ1n) is 19.7. The molecule has 0 bridgehead atoms. The molecule has 0 aliphatic heterocycles. The lowest BCUT2D eigenvalue weighted by Gasteiger charge is -2.29. The molecule has 0 unspecified atom stereocenters. The summed E-state index contributed by atoms with van der Waals surface area (Å²) in [4.78, 5) is 3.55. The molecule has 8 heteroatoms. The van der Waals surface area contributed by atoms with Crippen molar-refractivity contribution >= 4 is 66.4 Å². The topological polar surface area (TPSA) is 54.1 Å². The van der Waals surface area contributed by atoms with Crippen LogP contribution in [0, 0.1) is 45.9 Å². The molecule has 10 aromatic carbocycles. The summed E-state index contributed by atoms with van der Waals surface area (Å²) in [5.41, 5.74) is 4.24. The summed E-state index contributed by atoms with van der Waals surface area (Å²) < 4.78 is 64.7. The molecule has 0 amide bonds. The number of rotatable bonds is 8. The number of hydrogen-bond acceptors (Lipinski definition) is 4. The zero-order valence-corrected chi connectivity index (χ0v) is 32.6. The van der Waals surface area contributed by atoms with Crippen molar-refractivity contribution in [3.8, 4) is 34.4 Å². The zero-order chi connectivity index (χ0) is 42.5. The summed E-state index contributed by atoms with van der Waals surface area (Å²) in [5.74, 6) is -2.95. The van der Waals surface area contributed by atoms with Crippen LogP contribution in [-0.4, -0.2) is 0 Å². The second kappa shape index (κ2) is 15.3. The summed E-state index contributed by atoms with van der Waals surface area (Å²) in [6.07, 6.45) is 0. The molecule has 0 heterocycles. The van der Waals surface area contributed by atoms with Gasteiger partial charge in [0.1, 0.15) is 23.3 Å². The number of nitrogens with zero attached hydrogens (tertiary/aromatic N) is 4. The van der Waals surface area contributed by atoms with E-state index in [1.807, 2.05) is 48.5 Å². The van der Waals surface area contributed by atoms with Crippen molar-refractivity contribution in [2.75, 3.05) is 9.80 Å². The van der Waals surface area contributed by atoms with Crippen LogP contribution in [0.5, 0.6) is 0 Å². The number of anilines is 6. The van der Waals surface area contributed by atoms with Crippen molar-refractivity contribution < 1.29 is 17.6 Å². The minimum Gasteiger partial charge on any atom is -0.310 e. The fourth-order valence-corrected chi connectivity index (χ4v) is 8.52. The molecule has 0 saturated heterocycles. The Labute approximate surface area is 353 Å². The normalized spacial score (nSPS) is 11.2. The Morgan fingerprint density at radius 3 is 1.03 bits per heavy atom. The van der Waals surface area contributed by atoms with Gasteiger partial charge in [-0.2, -0.15) is 10.5 Å². The number of nitriles is 2. The second-order valence-electron chi connectivity index (χ2n) is 14.9. The molecule has 0 N–H and O–H groups in total. The summed E-state index contributed by atoms with van der Waals surface area (Å²) >= 11 is 0. The first-order valence-corrected chi connectivity index (χ1v) is 19.7. The second-order valence-corrected chi connectivity index (χ2v) is 14.9. The Morgan fingerprint density at radius 1 is 0.355 bits per heavy atom. The van der Waals surface area contributed by atoms with E-state index in [0.29, 0.717) is 45.0 Å². The van der Waals surface area contributed by atoms with E-state index in [4.69, 9.17) is 0 Å². The van der Waals surface area contributed by atoms with Crippen molar-refractivity contribution in [2.24, 2.45) is 0 Å². The van der Waals surface area contributed by atoms with Crippen LogP contribution in [-0.2, 0) is 0 Å². The van der Waals surface area contributed by atoms with Crippen LogP contribution in [0.4, 0.5) is 51.7 Å². The summed E-state index contributed by atoms with van der Waals surface area (Å²) in [7, 11) is 0. The van der Waals surface area contributed by atoms with Crippen LogP contribution in [0.2, 0.25) is 0 Å². The van der Waals surface area contributed by atoms with E-state index < -0.39 is 23.3 Å². The Bertz CT molecular complexity index is 3140. The van der Waals surface area contributed by atoms with Crippen molar-refractivity contribution in [3.63, 3.8) is 0 Å². The van der Waals surface area contributed by atoms with E-state index in [1.165, 1.54) is 24.3 Å². The van der Waals surface area contributed by atoms with Crippen LogP contribution in [0.15, 0.2) is 182 Å². The van der Waals surface area contributed by atoms with Gasteiger partial charge >= 0.3 is 0 Å². The van der Waals surface area contributed by atoms with Crippen LogP contribution in [0.1, 0.15) is 11.1 Å². The zero-order valence-electron chi connectivity index (χ0n) is 32.6. The largest absolute Gasteiger partial charge is 0.310 e. The Balaban J connectivity index is 1.20. The summed E-state index contributed by atoms with van der Waals surface area (Å²) in [6, 6.07) is 55.9. The molecule has 0 spiro atoms.